The third-order valence-corrected chi connectivity index (χ3v) is 5.35. The summed E-state index contributed by atoms with van der Waals surface area (Å²) in [6.45, 7) is 11.2. The van der Waals surface area contributed by atoms with Gasteiger partial charge in [-0.3, -0.25) is 0 Å². The van der Waals surface area contributed by atoms with Gasteiger partial charge in [-0.1, -0.05) is 91.9 Å². The van der Waals surface area contributed by atoms with Gasteiger partial charge in [0.2, 0.25) is 9.04 Å². The lowest BCUT2D eigenvalue weighted by Gasteiger charge is -2.33. The summed E-state index contributed by atoms with van der Waals surface area (Å²) in [5.74, 6) is 0. The van der Waals surface area contributed by atoms with Crippen LogP contribution in [0.3, 0.4) is 0 Å². The summed E-state index contributed by atoms with van der Waals surface area (Å²) in [6, 6.07) is 17.6. The highest BCUT2D eigenvalue weighted by Crippen LogP contribution is 2.37. The Balaban J connectivity index is 2.34. The van der Waals surface area contributed by atoms with Crippen molar-refractivity contribution in [3.8, 4) is 11.1 Å². The first-order chi connectivity index (χ1) is 10.8. The molecule has 1 nitrogen and oxygen atoms in total. The Morgan fingerprint density at radius 1 is 1.00 bits per heavy atom. The van der Waals surface area contributed by atoms with Crippen molar-refractivity contribution in [1.82, 2.24) is 0 Å². The second kappa shape index (κ2) is 7.95. The van der Waals surface area contributed by atoms with E-state index in [1.165, 1.54) is 22.3 Å². The van der Waals surface area contributed by atoms with Gasteiger partial charge >= 0.3 is 0 Å². The molecule has 3 heteroatoms. The minimum atomic E-state index is -0.736. The van der Waals surface area contributed by atoms with Crippen LogP contribution in [0, 0.1) is 5.41 Å². The van der Waals surface area contributed by atoms with E-state index in [2.05, 4.69) is 105 Å². The van der Waals surface area contributed by atoms with Gasteiger partial charge in [0.05, 0.1) is 6.10 Å². The van der Waals surface area contributed by atoms with Crippen LogP contribution < -0.4 is 0 Å². The first-order valence-corrected chi connectivity index (χ1v) is 12.0. The Labute approximate surface area is 156 Å². The topological polar surface area (TPSA) is 9.23 Å². The number of halogens is 1. The van der Waals surface area contributed by atoms with Gasteiger partial charge < -0.3 is 4.43 Å². The lowest BCUT2D eigenvalue weighted by molar-refractivity contribution is 0.0866. The van der Waals surface area contributed by atoms with Crippen LogP contribution in [0.4, 0.5) is 0 Å². The average Bonchev–Trinajstić information content (AvgIpc) is 2.51. The predicted molar refractivity (Wildman–Crippen MR) is 110 cm³/mol. The maximum Gasteiger partial charge on any atom is 0.205 e. The van der Waals surface area contributed by atoms with E-state index >= 15 is 0 Å². The maximum absolute atomic E-state index is 6.29. The molecule has 0 aliphatic heterocycles. The number of benzene rings is 2. The standard InChI is InChI=1S/C20H26IOSi/c1-20(2,3)19(22-23(4)5)16-12-10-15(11-13-16)18-9-7-6-8-17(18)14-21/h6-13,19H,14H2,1-5H3. The quantitative estimate of drug-likeness (QED) is 0.289. The van der Waals surface area contributed by atoms with Crippen molar-refractivity contribution in [2.24, 2.45) is 5.41 Å². The molecule has 1 unspecified atom stereocenters. The van der Waals surface area contributed by atoms with Crippen molar-refractivity contribution >= 4 is 31.6 Å². The van der Waals surface area contributed by atoms with Crippen molar-refractivity contribution in [3.05, 3.63) is 59.7 Å². The lowest BCUT2D eigenvalue weighted by Crippen LogP contribution is -2.25. The maximum atomic E-state index is 6.29. The molecule has 0 fully saturated rings. The molecule has 0 aliphatic carbocycles. The van der Waals surface area contributed by atoms with Crippen LogP contribution in [-0.2, 0) is 8.85 Å². The minimum Gasteiger partial charge on any atom is -0.410 e. The van der Waals surface area contributed by atoms with Crippen molar-refractivity contribution in [1.29, 1.82) is 0 Å². The fourth-order valence-corrected chi connectivity index (χ4v) is 4.36. The molecule has 0 saturated heterocycles. The van der Waals surface area contributed by atoms with Gasteiger partial charge in [-0.05, 0) is 40.8 Å². The number of hydrogen-bond acceptors (Lipinski definition) is 1. The summed E-state index contributed by atoms with van der Waals surface area (Å²) < 4.78 is 7.32. The first-order valence-electron chi connectivity index (χ1n) is 8.04. The third-order valence-electron chi connectivity index (χ3n) is 3.83. The molecule has 2 aromatic carbocycles. The zero-order chi connectivity index (χ0) is 17.0. The summed E-state index contributed by atoms with van der Waals surface area (Å²) in [5.41, 5.74) is 5.38. The van der Waals surface area contributed by atoms with Crippen LogP contribution in [0.5, 0.6) is 0 Å². The molecule has 1 radical (unpaired) electrons. The highest BCUT2D eigenvalue weighted by Gasteiger charge is 2.28. The number of rotatable bonds is 5. The largest absolute Gasteiger partial charge is 0.410 e. The van der Waals surface area contributed by atoms with Crippen LogP contribution in [0.25, 0.3) is 11.1 Å². The van der Waals surface area contributed by atoms with Gasteiger partial charge in [-0.2, -0.15) is 0 Å². The van der Waals surface area contributed by atoms with E-state index in [0.29, 0.717) is 0 Å². The molecule has 0 saturated carbocycles. The Hall–Kier alpha value is -0.653. The molecule has 23 heavy (non-hydrogen) atoms. The summed E-state index contributed by atoms with van der Waals surface area (Å²) in [6.07, 6.45) is 0.153. The van der Waals surface area contributed by atoms with E-state index in [4.69, 9.17) is 4.43 Å². The molecular formula is C20H26IOSi. The highest BCUT2D eigenvalue weighted by molar-refractivity contribution is 14.1. The van der Waals surface area contributed by atoms with Gasteiger partial charge in [0.15, 0.2) is 0 Å². The normalized spacial score (nSPS) is 13.3. The Morgan fingerprint density at radius 2 is 1.61 bits per heavy atom. The van der Waals surface area contributed by atoms with E-state index in [1.807, 2.05) is 0 Å². The van der Waals surface area contributed by atoms with Crippen molar-refractivity contribution in [2.75, 3.05) is 0 Å². The fraction of sp³-hybridized carbons (Fsp3) is 0.400. The summed E-state index contributed by atoms with van der Waals surface area (Å²) in [4.78, 5) is 0. The summed E-state index contributed by atoms with van der Waals surface area (Å²) in [5, 5.41) is 0. The van der Waals surface area contributed by atoms with Crippen LogP contribution in [0.2, 0.25) is 13.1 Å². The van der Waals surface area contributed by atoms with Crippen LogP contribution in [0.15, 0.2) is 48.5 Å². The van der Waals surface area contributed by atoms with E-state index in [9.17, 15) is 0 Å². The van der Waals surface area contributed by atoms with Gasteiger partial charge in [-0.15, -0.1) is 0 Å². The predicted octanol–water partition coefficient (Wildman–Crippen LogP) is 6.64. The molecule has 0 bridgehead atoms. The smallest absolute Gasteiger partial charge is 0.205 e. The molecule has 0 aromatic heterocycles. The lowest BCUT2D eigenvalue weighted by atomic mass is 9.84. The fourth-order valence-electron chi connectivity index (χ4n) is 2.74. The highest BCUT2D eigenvalue weighted by atomic mass is 127. The van der Waals surface area contributed by atoms with Crippen molar-refractivity contribution in [2.45, 2.75) is 44.4 Å². The van der Waals surface area contributed by atoms with Gasteiger partial charge in [0, 0.05) is 4.43 Å². The average molecular weight is 437 g/mol. The van der Waals surface area contributed by atoms with Crippen LogP contribution in [0.1, 0.15) is 38.0 Å². The molecule has 0 heterocycles. The van der Waals surface area contributed by atoms with Crippen molar-refractivity contribution < 1.29 is 4.43 Å². The van der Waals surface area contributed by atoms with E-state index in [0.717, 1.165) is 4.43 Å². The number of hydrogen-bond donors (Lipinski definition) is 0. The molecular weight excluding hydrogens is 411 g/mol. The first kappa shape index (κ1) is 18.7. The molecule has 0 spiro atoms. The Bertz CT molecular complexity index is 629. The monoisotopic (exact) mass is 437 g/mol. The van der Waals surface area contributed by atoms with E-state index in [1.54, 1.807) is 0 Å². The molecule has 2 rings (SSSR count). The Kier molecular flexibility index (Phi) is 6.46. The molecule has 1 atom stereocenters. The second-order valence-electron chi connectivity index (χ2n) is 7.18. The Morgan fingerprint density at radius 3 is 2.13 bits per heavy atom. The van der Waals surface area contributed by atoms with Crippen LogP contribution in [-0.4, -0.2) is 9.04 Å². The summed E-state index contributed by atoms with van der Waals surface area (Å²) in [7, 11) is -0.736. The van der Waals surface area contributed by atoms with E-state index < -0.39 is 9.04 Å². The molecule has 0 amide bonds. The van der Waals surface area contributed by atoms with Gasteiger partial charge in [-0.25, -0.2) is 0 Å². The SMILES string of the molecule is C[Si](C)OC(c1ccc(-c2ccccc2CI)cc1)C(C)(C)C. The second-order valence-corrected chi connectivity index (χ2v) is 10.00. The molecule has 2 aromatic rings. The van der Waals surface area contributed by atoms with Gasteiger partial charge in [0.1, 0.15) is 0 Å². The van der Waals surface area contributed by atoms with Gasteiger partial charge in [0.25, 0.3) is 0 Å². The number of alkyl halides is 1. The minimum absolute atomic E-state index is 0.101. The van der Waals surface area contributed by atoms with E-state index in [-0.39, 0.29) is 11.5 Å². The molecule has 0 N–H and O–H groups in total. The summed E-state index contributed by atoms with van der Waals surface area (Å²) >= 11 is 2.43. The molecule has 0 aliphatic rings. The van der Waals surface area contributed by atoms with Crippen molar-refractivity contribution in [3.63, 3.8) is 0 Å². The van der Waals surface area contributed by atoms with Crippen LogP contribution >= 0.6 is 22.6 Å². The zero-order valence-corrected chi connectivity index (χ0v) is 17.8. The zero-order valence-electron chi connectivity index (χ0n) is 14.7. The molecule has 123 valence electrons. The third kappa shape index (κ3) is 4.91.